The standard InChI is InChI=1S/C19H27N5O3/c1-11(18(20)26)22-13-7-14-16-15(8-13)27-6-4-21-17(16)19(23-14)24-5-2-3-12(9-24)10-25/h7-8,11-12,21-23,25H,2-6,9-10H2,1H3,(H2,20,26)/t11-,12+/m0/s1. The van der Waals surface area contributed by atoms with Gasteiger partial charge in [-0.3, -0.25) is 4.79 Å². The minimum atomic E-state index is -0.472. The molecule has 0 radical (unpaired) electrons. The summed E-state index contributed by atoms with van der Waals surface area (Å²) in [5, 5.41) is 17.2. The molecule has 1 amide bonds. The third kappa shape index (κ3) is 3.37. The smallest absolute Gasteiger partial charge is 0.239 e. The van der Waals surface area contributed by atoms with Gasteiger partial charge in [0.2, 0.25) is 5.91 Å². The molecule has 0 unspecified atom stereocenters. The first kappa shape index (κ1) is 17.8. The first-order chi connectivity index (χ1) is 13.1. The van der Waals surface area contributed by atoms with Crippen molar-refractivity contribution in [2.45, 2.75) is 25.8 Å². The van der Waals surface area contributed by atoms with Gasteiger partial charge in [-0.2, -0.15) is 0 Å². The minimum absolute atomic E-state index is 0.215. The van der Waals surface area contributed by atoms with Crippen LogP contribution in [0.2, 0.25) is 0 Å². The number of anilines is 3. The maximum absolute atomic E-state index is 11.4. The maximum Gasteiger partial charge on any atom is 0.239 e. The fourth-order valence-electron chi connectivity index (χ4n) is 3.96. The van der Waals surface area contributed by atoms with Crippen LogP contribution in [0, 0.1) is 5.92 Å². The summed E-state index contributed by atoms with van der Waals surface area (Å²) in [6.45, 7) is 5.02. The van der Waals surface area contributed by atoms with E-state index in [2.05, 4.69) is 20.5 Å². The van der Waals surface area contributed by atoms with Gasteiger partial charge in [-0.05, 0) is 31.7 Å². The van der Waals surface area contributed by atoms with Gasteiger partial charge in [0.25, 0.3) is 0 Å². The molecular formula is C19H27N5O3. The van der Waals surface area contributed by atoms with E-state index in [9.17, 15) is 9.90 Å². The average molecular weight is 373 g/mol. The number of aliphatic hydroxyl groups excluding tert-OH is 1. The Hall–Kier alpha value is -2.61. The molecule has 0 aliphatic carbocycles. The van der Waals surface area contributed by atoms with Gasteiger partial charge in [0.1, 0.15) is 24.2 Å². The molecule has 146 valence electrons. The van der Waals surface area contributed by atoms with Crippen molar-refractivity contribution in [3.8, 4) is 5.75 Å². The average Bonchev–Trinajstić information content (AvgIpc) is 2.89. The second kappa shape index (κ2) is 7.19. The van der Waals surface area contributed by atoms with Crippen LogP contribution >= 0.6 is 0 Å². The second-order valence-corrected chi connectivity index (χ2v) is 7.43. The molecule has 4 rings (SSSR count). The highest BCUT2D eigenvalue weighted by Crippen LogP contribution is 2.43. The Balaban J connectivity index is 1.75. The second-order valence-electron chi connectivity index (χ2n) is 7.43. The molecule has 0 spiro atoms. The minimum Gasteiger partial charge on any atom is -0.491 e. The summed E-state index contributed by atoms with van der Waals surface area (Å²) < 4.78 is 5.95. The molecule has 8 nitrogen and oxygen atoms in total. The van der Waals surface area contributed by atoms with Crippen molar-refractivity contribution in [1.82, 2.24) is 4.98 Å². The summed E-state index contributed by atoms with van der Waals surface area (Å²) in [4.78, 5) is 17.2. The predicted molar refractivity (Wildman–Crippen MR) is 107 cm³/mol. The first-order valence-electron chi connectivity index (χ1n) is 9.55. The number of aliphatic hydroxyl groups is 1. The molecule has 2 aromatic rings. The van der Waals surface area contributed by atoms with E-state index in [-0.39, 0.29) is 6.61 Å². The van der Waals surface area contributed by atoms with Gasteiger partial charge in [-0.25, -0.2) is 0 Å². The van der Waals surface area contributed by atoms with E-state index in [0.29, 0.717) is 19.1 Å². The number of nitrogens with two attached hydrogens (primary N) is 1. The van der Waals surface area contributed by atoms with Gasteiger partial charge in [-0.1, -0.05) is 0 Å². The largest absolute Gasteiger partial charge is 0.491 e. The maximum atomic E-state index is 11.4. The molecule has 2 aliphatic rings. The fraction of sp³-hybridized carbons (Fsp3) is 0.526. The van der Waals surface area contributed by atoms with Crippen LogP contribution < -0.4 is 26.0 Å². The van der Waals surface area contributed by atoms with Gasteiger partial charge in [0.15, 0.2) is 0 Å². The third-order valence-electron chi connectivity index (χ3n) is 5.41. The molecule has 1 aromatic heterocycles. The SMILES string of the molecule is C[C@H](Nc1cc2c3c(c(N4CCC[C@@H](CO)C4)[nH]c3c1)NCCO2)C(N)=O. The molecule has 0 bridgehead atoms. The molecule has 3 heterocycles. The van der Waals surface area contributed by atoms with Crippen LogP contribution in [0.5, 0.6) is 5.75 Å². The van der Waals surface area contributed by atoms with Crippen LogP contribution in [-0.2, 0) is 4.79 Å². The lowest BCUT2D eigenvalue weighted by molar-refractivity contribution is -0.118. The normalized spacial score (nSPS) is 20.5. The highest BCUT2D eigenvalue weighted by atomic mass is 16.5. The fourth-order valence-corrected chi connectivity index (χ4v) is 3.96. The monoisotopic (exact) mass is 373 g/mol. The number of hydrogen-bond donors (Lipinski definition) is 5. The van der Waals surface area contributed by atoms with Crippen molar-refractivity contribution in [3.63, 3.8) is 0 Å². The lowest BCUT2D eigenvalue weighted by Gasteiger charge is -2.33. The van der Waals surface area contributed by atoms with E-state index < -0.39 is 11.9 Å². The summed E-state index contributed by atoms with van der Waals surface area (Å²) in [6.07, 6.45) is 2.12. The summed E-state index contributed by atoms with van der Waals surface area (Å²) in [6, 6.07) is 3.43. The lowest BCUT2D eigenvalue weighted by Crippen LogP contribution is -2.37. The Bertz CT molecular complexity index is 849. The molecule has 27 heavy (non-hydrogen) atoms. The Morgan fingerprint density at radius 2 is 2.37 bits per heavy atom. The van der Waals surface area contributed by atoms with Gasteiger partial charge < -0.3 is 36.1 Å². The summed E-state index contributed by atoms with van der Waals surface area (Å²) >= 11 is 0. The van der Waals surface area contributed by atoms with Crippen LogP contribution in [0.15, 0.2) is 12.1 Å². The highest BCUT2D eigenvalue weighted by Gasteiger charge is 2.26. The number of carbonyl (C=O) groups is 1. The topological polar surface area (TPSA) is 116 Å². The molecule has 2 atom stereocenters. The number of ether oxygens (including phenoxy) is 1. The Morgan fingerprint density at radius 1 is 1.52 bits per heavy atom. The number of benzene rings is 1. The molecule has 8 heteroatoms. The quantitative estimate of drug-likeness (QED) is 0.542. The van der Waals surface area contributed by atoms with E-state index >= 15 is 0 Å². The number of H-pyrrole nitrogens is 1. The Labute approximate surface area is 158 Å². The molecule has 0 saturated carbocycles. The number of primary amides is 1. The zero-order chi connectivity index (χ0) is 19.0. The van der Waals surface area contributed by atoms with Gasteiger partial charge >= 0.3 is 0 Å². The molecule has 2 aliphatic heterocycles. The van der Waals surface area contributed by atoms with Gasteiger partial charge in [0.05, 0.1) is 16.6 Å². The Kier molecular flexibility index (Phi) is 4.73. The lowest BCUT2D eigenvalue weighted by atomic mass is 9.99. The zero-order valence-electron chi connectivity index (χ0n) is 15.5. The summed E-state index contributed by atoms with van der Waals surface area (Å²) in [7, 11) is 0. The van der Waals surface area contributed by atoms with Crippen molar-refractivity contribution in [2.75, 3.05) is 48.4 Å². The molecule has 1 aromatic carbocycles. The van der Waals surface area contributed by atoms with Crippen LogP contribution in [0.3, 0.4) is 0 Å². The van der Waals surface area contributed by atoms with Crippen molar-refractivity contribution in [1.29, 1.82) is 0 Å². The number of rotatable bonds is 5. The van der Waals surface area contributed by atoms with Crippen molar-refractivity contribution in [3.05, 3.63) is 12.1 Å². The predicted octanol–water partition coefficient (Wildman–Crippen LogP) is 1.47. The number of nitrogens with zero attached hydrogens (tertiary/aromatic N) is 1. The number of nitrogens with one attached hydrogen (secondary N) is 3. The number of piperidine rings is 1. The molecular weight excluding hydrogens is 346 g/mol. The van der Waals surface area contributed by atoms with E-state index in [1.807, 2.05) is 12.1 Å². The number of aromatic amines is 1. The molecule has 1 saturated heterocycles. The van der Waals surface area contributed by atoms with Crippen LogP contribution in [0.1, 0.15) is 19.8 Å². The number of carbonyl (C=O) groups excluding carboxylic acids is 1. The third-order valence-corrected chi connectivity index (χ3v) is 5.41. The van der Waals surface area contributed by atoms with Crippen molar-refractivity contribution in [2.24, 2.45) is 11.7 Å². The molecule has 6 N–H and O–H groups in total. The van der Waals surface area contributed by atoms with Crippen LogP contribution in [-0.4, -0.2) is 54.9 Å². The number of hydrogen-bond acceptors (Lipinski definition) is 6. The Morgan fingerprint density at radius 3 is 3.15 bits per heavy atom. The van der Waals surface area contributed by atoms with E-state index in [0.717, 1.165) is 59.8 Å². The van der Waals surface area contributed by atoms with Gasteiger partial charge in [0, 0.05) is 38.0 Å². The summed E-state index contributed by atoms with van der Waals surface area (Å²) in [5.41, 5.74) is 8.16. The van der Waals surface area contributed by atoms with E-state index in [1.54, 1.807) is 6.92 Å². The van der Waals surface area contributed by atoms with Crippen LogP contribution in [0.4, 0.5) is 17.2 Å². The van der Waals surface area contributed by atoms with Gasteiger partial charge in [-0.15, -0.1) is 0 Å². The van der Waals surface area contributed by atoms with Crippen molar-refractivity contribution >= 4 is 34.0 Å². The van der Waals surface area contributed by atoms with E-state index in [1.165, 1.54) is 0 Å². The highest BCUT2D eigenvalue weighted by molar-refractivity contribution is 6.05. The van der Waals surface area contributed by atoms with Crippen LogP contribution in [0.25, 0.3) is 10.9 Å². The number of amides is 1. The zero-order valence-corrected chi connectivity index (χ0v) is 15.5. The van der Waals surface area contributed by atoms with E-state index in [4.69, 9.17) is 10.5 Å². The molecule has 1 fully saturated rings. The number of aromatic nitrogens is 1. The first-order valence-corrected chi connectivity index (χ1v) is 9.55. The van der Waals surface area contributed by atoms with Crippen molar-refractivity contribution < 1.29 is 14.6 Å². The summed E-state index contributed by atoms with van der Waals surface area (Å²) in [5.74, 6) is 1.71.